The number of Topliss-reactive ketones (excluding diaryl/α,β-unsaturated/α-hetero) is 1. The van der Waals surface area contributed by atoms with Crippen molar-refractivity contribution in [2.75, 3.05) is 13.1 Å². The van der Waals surface area contributed by atoms with Crippen LogP contribution in [0, 0.1) is 0 Å². The summed E-state index contributed by atoms with van der Waals surface area (Å²) < 4.78 is 41.0. The molecule has 0 spiro atoms. The molecule has 1 amide bonds. The molecule has 0 radical (unpaired) electrons. The van der Waals surface area contributed by atoms with E-state index in [1.165, 1.54) is 22.6 Å². The van der Waals surface area contributed by atoms with Gasteiger partial charge in [-0.25, -0.2) is 0 Å². The number of hydrogen-bond acceptors (Lipinski definition) is 5. The molecule has 1 unspecified atom stereocenters. The van der Waals surface area contributed by atoms with Crippen molar-refractivity contribution in [1.29, 1.82) is 0 Å². The molecule has 0 bridgehead atoms. The molecule has 1 atom stereocenters. The van der Waals surface area contributed by atoms with Gasteiger partial charge in [-0.2, -0.15) is 18.3 Å². The molecule has 2 aromatic rings. The number of alkyl halides is 3. The average Bonchev–Trinajstić information content (AvgIpc) is 3.09. The fraction of sp³-hybridized carbons (Fsp3) is 0.400. The third-order valence-electron chi connectivity index (χ3n) is 5.35. The van der Waals surface area contributed by atoms with E-state index in [2.05, 4.69) is 5.10 Å². The SMILES string of the molecule is CC(=O)c1nn(CC2(c3cccc(C(F)(F)F)c3)CCN(C(C)=O)C2)cc(O)c1=O. The average molecular weight is 423 g/mol. The lowest BCUT2D eigenvalue weighted by Gasteiger charge is -2.31. The molecule has 1 aliphatic rings. The summed E-state index contributed by atoms with van der Waals surface area (Å²) in [4.78, 5) is 37.0. The highest BCUT2D eigenvalue weighted by atomic mass is 19.4. The van der Waals surface area contributed by atoms with Crippen LogP contribution in [0.4, 0.5) is 13.2 Å². The number of aromatic nitrogens is 2. The Bertz CT molecular complexity index is 1060. The van der Waals surface area contributed by atoms with E-state index in [0.29, 0.717) is 18.5 Å². The van der Waals surface area contributed by atoms with Crippen molar-refractivity contribution in [2.24, 2.45) is 0 Å². The van der Waals surface area contributed by atoms with Crippen LogP contribution in [0.15, 0.2) is 35.3 Å². The molecule has 1 saturated heterocycles. The largest absolute Gasteiger partial charge is 0.503 e. The number of amides is 1. The maximum atomic E-state index is 13.3. The molecular formula is C20H20F3N3O4. The second-order valence-corrected chi connectivity index (χ2v) is 7.50. The zero-order valence-corrected chi connectivity index (χ0v) is 16.4. The van der Waals surface area contributed by atoms with E-state index >= 15 is 0 Å². The maximum Gasteiger partial charge on any atom is 0.416 e. The standard InChI is InChI=1S/C20H20F3N3O4/c1-12(27)17-18(30)16(29)9-26(24-17)11-19(6-7-25(10-19)13(2)28)14-4-3-5-15(8-14)20(21,22)23/h3-5,8-9,29H,6-7,10-11H2,1-2H3. The van der Waals surface area contributed by atoms with Crippen LogP contribution in [0.25, 0.3) is 0 Å². The molecule has 1 aliphatic heterocycles. The smallest absolute Gasteiger partial charge is 0.416 e. The Hall–Kier alpha value is -3.17. The van der Waals surface area contributed by atoms with Gasteiger partial charge in [0.1, 0.15) is 0 Å². The molecule has 1 aromatic carbocycles. The van der Waals surface area contributed by atoms with Gasteiger partial charge in [-0.05, 0) is 18.1 Å². The molecule has 0 saturated carbocycles. The first-order valence-corrected chi connectivity index (χ1v) is 9.18. The van der Waals surface area contributed by atoms with Crippen LogP contribution >= 0.6 is 0 Å². The number of nitrogens with zero attached hydrogens (tertiary/aromatic N) is 3. The Morgan fingerprint density at radius 3 is 2.53 bits per heavy atom. The van der Waals surface area contributed by atoms with Crippen molar-refractivity contribution >= 4 is 11.7 Å². The molecule has 1 N–H and O–H groups in total. The van der Waals surface area contributed by atoms with E-state index < -0.39 is 39.8 Å². The summed E-state index contributed by atoms with van der Waals surface area (Å²) in [7, 11) is 0. The summed E-state index contributed by atoms with van der Waals surface area (Å²) >= 11 is 0. The minimum atomic E-state index is -4.54. The van der Waals surface area contributed by atoms with Gasteiger partial charge in [0, 0.05) is 32.4 Å². The van der Waals surface area contributed by atoms with E-state index in [1.807, 2.05) is 0 Å². The van der Waals surface area contributed by atoms with Crippen LogP contribution in [0.5, 0.6) is 5.75 Å². The first-order chi connectivity index (χ1) is 13.9. The first-order valence-electron chi connectivity index (χ1n) is 9.18. The lowest BCUT2D eigenvalue weighted by Crippen LogP contribution is -2.38. The Labute approximate surface area is 169 Å². The fourth-order valence-corrected chi connectivity index (χ4v) is 3.77. The van der Waals surface area contributed by atoms with Crippen molar-refractivity contribution in [3.05, 3.63) is 57.5 Å². The number of rotatable bonds is 4. The monoisotopic (exact) mass is 423 g/mol. The van der Waals surface area contributed by atoms with Gasteiger partial charge < -0.3 is 10.0 Å². The second kappa shape index (κ2) is 7.58. The fourth-order valence-electron chi connectivity index (χ4n) is 3.77. The van der Waals surface area contributed by atoms with E-state index in [-0.39, 0.29) is 19.0 Å². The molecule has 30 heavy (non-hydrogen) atoms. The third-order valence-corrected chi connectivity index (χ3v) is 5.35. The number of halogens is 3. The van der Waals surface area contributed by atoms with Crippen LogP contribution in [0.1, 0.15) is 41.9 Å². The van der Waals surface area contributed by atoms with Gasteiger partial charge in [-0.1, -0.05) is 18.2 Å². The zero-order valence-electron chi connectivity index (χ0n) is 16.4. The van der Waals surface area contributed by atoms with Gasteiger partial charge in [0.15, 0.2) is 17.2 Å². The second-order valence-electron chi connectivity index (χ2n) is 7.50. The summed E-state index contributed by atoms with van der Waals surface area (Å²) in [6.45, 7) is 2.93. The number of aromatic hydroxyl groups is 1. The quantitative estimate of drug-likeness (QED) is 0.763. The molecule has 3 rings (SSSR count). The molecule has 160 valence electrons. The molecular weight excluding hydrogens is 403 g/mol. The Balaban J connectivity index is 2.11. The number of carbonyl (C=O) groups excluding carboxylic acids is 2. The van der Waals surface area contributed by atoms with Crippen molar-refractivity contribution < 1.29 is 27.9 Å². The lowest BCUT2D eigenvalue weighted by atomic mass is 9.79. The number of likely N-dealkylation sites (tertiary alicyclic amines) is 1. The van der Waals surface area contributed by atoms with Crippen LogP contribution in [-0.2, 0) is 22.9 Å². The molecule has 1 fully saturated rings. The van der Waals surface area contributed by atoms with Gasteiger partial charge in [-0.15, -0.1) is 0 Å². The van der Waals surface area contributed by atoms with Crippen molar-refractivity contribution in [1.82, 2.24) is 14.7 Å². The minimum Gasteiger partial charge on any atom is -0.503 e. The molecule has 2 heterocycles. The topological polar surface area (TPSA) is 92.5 Å². The highest BCUT2D eigenvalue weighted by Crippen LogP contribution is 2.39. The summed E-state index contributed by atoms with van der Waals surface area (Å²) in [5, 5.41) is 13.9. The number of ketones is 1. The summed E-state index contributed by atoms with van der Waals surface area (Å²) in [6.07, 6.45) is -3.15. The van der Waals surface area contributed by atoms with Gasteiger partial charge in [0.2, 0.25) is 5.91 Å². The molecule has 7 nitrogen and oxygen atoms in total. The van der Waals surface area contributed by atoms with Crippen molar-refractivity contribution in [3.8, 4) is 5.75 Å². The van der Waals surface area contributed by atoms with Crippen LogP contribution in [-0.4, -0.2) is 44.6 Å². The maximum absolute atomic E-state index is 13.3. The summed E-state index contributed by atoms with van der Waals surface area (Å²) in [5.41, 5.74) is -2.79. The van der Waals surface area contributed by atoms with Gasteiger partial charge in [-0.3, -0.25) is 19.1 Å². The predicted molar refractivity (Wildman–Crippen MR) is 100 cm³/mol. The van der Waals surface area contributed by atoms with E-state index in [9.17, 15) is 32.7 Å². The normalized spacial score (nSPS) is 19.2. The lowest BCUT2D eigenvalue weighted by molar-refractivity contribution is -0.137. The highest BCUT2D eigenvalue weighted by Gasteiger charge is 2.42. The predicted octanol–water partition coefficient (Wildman–Crippen LogP) is 2.36. The first kappa shape index (κ1) is 21.5. The summed E-state index contributed by atoms with van der Waals surface area (Å²) in [5.74, 6) is -1.55. The Kier molecular flexibility index (Phi) is 5.44. The minimum absolute atomic E-state index is 0.0355. The summed E-state index contributed by atoms with van der Waals surface area (Å²) in [6, 6.07) is 4.85. The van der Waals surface area contributed by atoms with Gasteiger partial charge >= 0.3 is 6.18 Å². The number of carbonyl (C=O) groups is 2. The van der Waals surface area contributed by atoms with Crippen molar-refractivity contribution in [2.45, 2.75) is 38.4 Å². The van der Waals surface area contributed by atoms with Crippen LogP contribution < -0.4 is 5.43 Å². The highest BCUT2D eigenvalue weighted by molar-refractivity contribution is 5.92. The van der Waals surface area contributed by atoms with Gasteiger partial charge in [0.05, 0.1) is 18.3 Å². The van der Waals surface area contributed by atoms with Crippen LogP contribution in [0.2, 0.25) is 0 Å². The van der Waals surface area contributed by atoms with E-state index in [4.69, 9.17) is 0 Å². The molecule has 1 aromatic heterocycles. The zero-order chi connectivity index (χ0) is 22.3. The number of benzene rings is 1. The Morgan fingerprint density at radius 1 is 1.27 bits per heavy atom. The Morgan fingerprint density at radius 2 is 1.97 bits per heavy atom. The molecule has 10 heteroatoms. The van der Waals surface area contributed by atoms with Crippen LogP contribution in [0.3, 0.4) is 0 Å². The van der Waals surface area contributed by atoms with E-state index in [1.54, 1.807) is 6.07 Å². The number of hydrogen-bond donors (Lipinski definition) is 1. The van der Waals surface area contributed by atoms with Gasteiger partial charge in [0.25, 0.3) is 5.43 Å². The van der Waals surface area contributed by atoms with Crippen molar-refractivity contribution in [3.63, 3.8) is 0 Å². The molecule has 0 aliphatic carbocycles. The van der Waals surface area contributed by atoms with E-state index in [0.717, 1.165) is 25.3 Å². The third kappa shape index (κ3) is 4.07.